The number of nitrogens with zero attached hydrogens (tertiary/aromatic N) is 1. The molecule has 0 fully saturated rings. The van der Waals surface area contributed by atoms with E-state index in [1.807, 2.05) is 0 Å². The fraction of sp³-hybridized carbons (Fsp3) is 1.00. The van der Waals surface area contributed by atoms with Crippen LogP contribution in [0.1, 0.15) is 110 Å². The molecular weight excluding hydrogens is 385 g/mol. The number of quaternary nitrogens is 1. The quantitative estimate of drug-likeness (QED) is 0.118. The number of hydrogen-bond acceptors (Lipinski definition) is 4. The van der Waals surface area contributed by atoms with Gasteiger partial charge >= 0.3 is 0 Å². The largest absolute Gasteiger partial charge is 0.756 e. The maximum atomic E-state index is 11.9. The minimum Gasteiger partial charge on any atom is -0.756 e. The van der Waals surface area contributed by atoms with Gasteiger partial charge in [-0.15, -0.1) is 0 Å². The molecule has 0 aromatic rings. The van der Waals surface area contributed by atoms with Crippen molar-refractivity contribution in [2.24, 2.45) is 0 Å². The van der Waals surface area contributed by atoms with E-state index in [0.29, 0.717) is 11.0 Å². The summed E-state index contributed by atoms with van der Waals surface area (Å²) in [5.41, 5.74) is 0. The third kappa shape index (κ3) is 21.1. The van der Waals surface area contributed by atoms with Gasteiger partial charge in [-0.3, -0.25) is 4.57 Å². The van der Waals surface area contributed by atoms with Crippen LogP contribution in [0.25, 0.3) is 0 Å². The van der Waals surface area contributed by atoms with Crippen LogP contribution in [0.5, 0.6) is 0 Å². The van der Waals surface area contributed by atoms with E-state index >= 15 is 0 Å². The Morgan fingerprint density at radius 3 is 1.55 bits per heavy atom. The first-order valence-electron chi connectivity index (χ1n) is 12.1. The topological polar surface area (TPSA) is 58.6 Å². The predicted octanol–water partition coefficient (Wildman–Crippen LogP) is 6.45. The van der Waals surface area contributed by atoms with Crippen molar-refractivity contribution in [1.82, 2.24) is 0 Å². The number of rotatable bonds is 21. The Morgan fingerprint density at radius 2 is 1.17 bits per heavy atom. The molecule has 0 saturated carbocycles. The Labute approximate surface area is 181 Å². The van der Waals surface area contributed by atoms with Crippen LogP contribution in [0, 0.1) is 0 Å². The molecule has 0 rings (SSSR count). The van der Waals surface area contributed by atoms with E-state index in [4.69, 9.17) is 9.05 Å². The molecule has 29 heavy (non-hydrogen) atoms. The molecule has 0 aromatic carbocycles. The summed E-state index contributed by atoms with van der Waals surface area (Å²) in [5.74, 6) is 0. The van der Waals surface area contributed by atoms with Crippen LogP contribution in [0.4, 0.5) is 0 Å². The van der Waals surface area contributed by atoms with Gasteiger partial charge in [-0.2, -0.15) is 0 Å². The van der Waals surface area contributed by atoms with Crippen LogP contribution in [-0.4, -0.2) is 44.9 Å². The van der Waals surface area contributed by atoms with Crippen molar-refractivity contribution < 1.29 is 23.0 Å². The molecule has 2 unspecified atom stereocenters. The van der Waals surface area contributed by atoms with Crippen molar-refractivity contribution in [3.63, 3.8) is 0 Å². The average molecular weight is 436 g/mol. The van der Waals surface area contributed by atoms with E-state index in [1.54, 1.807) is 6.92 Å². The standard InChI is InChI=1S/C23H50NO4P/c1-6-8-9-10-11-12-13-14-15-16-17-18-19-20-21-23(22-24(3,4)5)28-29(25,26)27-7-2/h23H,6-22H2,1-5H3. The zero-order valence-corrected chi connectivity index (χ0v) is 21.0. The lowest BCUT2D eigenvalue weighted by atomic mass is 10.0. The van der Waals surface area contributed by atoms with Crippen molar-refractivity contribution in [3.05, 3.63) is 0 Å². The fourth-order valence-electron chi connectivity index (χ4n) is 3.73. The number of hydrogen-bond donors (Lipinski definition) is 0. The molecule has 0 heterocycles. The van der Waals surface area contributed by atoms with Crippen molar-refractivity contribution >= 4 is 7.82 Å². The SMILES string of the molecule is CCCCCCCCCCCCCCCCC(C[N+](C)(C)C)OP(=O)([O-])OCC. The van der Waals surface area contributed by atoms with Gasteiger partial charge in [0.1, 0.15) is 12.6 Å². The van der Waals surface area contributed by atoms with Gasteiger partial charge in [0.05, 0.1) is 27.7 Å². The Hall–Kier alpha value is 0.0700. The van der Waals surface area contributed by atoms with Gasteiger partial charge in [-0.05, 0) is 13.3 Å². The van der Waals surface area contributed by atoms with E-state index in [0.717, 1.165) is 19.3 Å². The smallest absolute Gasteiger partial charge is 0.268 e. The number of phosphoric ester groups is 1. The summed E-state index contributed by atoms with van der Waals surface area (Å²) in [6.07, 6.45) is 19.0. The monoisotopic (exact) mass is 435 g/mol. The number of likely N-dealkylation sites (N-methyl/N-ethyl adjacent to an activating group) is 1. The first-order chi connectivity index (χ1) is 13.7. The minimum absolute atomic E-state index is 0.122. The molecule has 176 valence electrons. The highest BCUT2D eigenvalue weighted by Crippen LogP contribution is 2.40. The van der Waals surface area contributed by atoms with Gasteiger partial charge < -0.3 is 18.4 Å². The highest BCUT2D eigenvalue weighted by atomic mass is 31.2. The van der Waals surface area contributed by atoms with E-state index < -0.39 is 7.82 Å². The molecular formula is C23H50NO4P. The average Bonchev–Trinajstić information content (AvgIpc) is 2.60. The lowest BCUT2D eigenvalue weighted by Gasteiger charge is -2.33. The summed E-state index contributed by atoms with van der Waals surface area (Å²) in [7, 11) is 1.98. The third-order valence-corrected chi connectivity index (χ3v) is 6.33. The van der Waals surface area contributed by atoms with Crippen LogP contribution < -0.4 is 4.89 Å². The summed E-state index contributed by atoms with van der Waals surface area (Å²) < 4.78 is 22.6. The van der Waals surface area contributed by atoms with Gasteiger partial charge in [0.25, 0.3) is 7.82 Å². The molecule has 0 spiro atoms. The van der Waals surface area contributed by atoms with Crippen molar-refractivity contribution in [1.29, 1.82) is 0 Å². The van der Waals surface area contributed by atoms with E-state index in [2.05, 4.69) is 28.1 Å². The molecule has 0 aliphatic heterocycles. The normalized spacial score (nSPS) is 15.4. The molecule has 0 amide bonds. The Bertz CT molecular complexity index is 412. The molecule has 5 nitrogen and oxygen atoms in total. The van der Waals surface area contributed by atoms with Gasteiger partial charge in [0, 0.05) is 0 Å². The second-order valence-electron chi connectivity index (χ2n) is 9.45. The van der Waals surface area contributed by atoms with Crippen LogP contribution >= 0.6 is 7.82 Å². The summed E-state index contributed by atoms with van der Waals surface area (Å²) >= 11 is 0. The highest BCUT2D eigenvalue weighted by Gasteiger charge is 2.23. The van der Waals surface area contributed by atoms with Gasteiger partial charge in [0.15, 0.2) is 0 Å². The molecule has 2 atom stereocenters. The van der Waals surface area contributed by atoms with Gasteiger partial charge in [-0.25, -0.2) is 0 Å². The van der Waals surface area contributed by atoms with Gasteiger partial charge in [0.2, 0.25) is 0 Å². The lowest BCUT2D eigenvalue weighted by molar-refractivity contribution is -0.873. The summed E-state index contributed by atoms with van der Waals surface area (Å²) in [6.45, 7) is 4.72. The third-order valence-electron chi connectivity index (χ3n) is 5.20. The van der Waals surface area contributed by atoms with E-state index in [1.165, 1.54) is 77.0 Å². The second-order valence-corrected chi connectivity index (χ2v) is 10.8. The minimum atomic E-state index is -4.18. The van der Waals surface area contributed by atoms with Crippen LogP contribution in [0.2, 0.25) is 0 Å². The fourth-order valence-corrected chi connectivity index (χ4v) is 4.64. The highest BCUT2D eigenvalue weighted by molar-refractivity contribution is 7.45. The second kappa shape index (κ2) is 17.7. The van der Waals surface area contributed by atoms with Crippen molar-refractivity contribution in [3.8, 4) is 0 Å². The molecule has 6 heteroatoms. The summed E-state index contributed by atoms with van der Waals surface area (Å²) in [4.78, 5) is 11.9. The molecule has 0 radical (unpaired) electrons. The van der Waals surface area contributed by atoms with E-state index in [9.17, 15) is 9.46 Å². The molecule has 0 aliphatic rings. The van der Waals surface area contributed by atoms with Crippen LogP contribution in [0.15, 0.2) is 0 Å². The summed E-state index contributed by atoms with van der Waals surface area (Å²) in [5, 5.41) is 0. The van der Waals surface area contributed by atoms with E-state index in [-0.39, 0.29) is 12.7 Å². The molecule has 0 saturated heterocycles. The zero-order chi connectivity index (χ0) is 22.0. The first-order valence-corrected chi connectivity index (χ1v) is 13.6. The number of unbranched alkanes of at least 4 members (excludes halogenated alkanes) is 13. The zero-order valence-electron chi connectivity index (χ0n) is 20.1. The van der Waals surface area contributed by atoms with Crippen LogP contribution in [0.3, 0.4) is 0 Å². The Balaban J connectivity index is 3.75. The first kappa shape index (κ1) is 29.1. The molecule has 0 aliphatic carbocycles. The molecule has 0 bridgehead atoms. The van der Waals surface area contributed by atoms with Crippen LogP contribution in [-0.2, 0) is 13.6 Å². The Morgan fingerprint density at radius 1 is 0.759 bits per heavy atom. The van der Waals surface area contributed by atoms with Crippen molar-refractivity contribution in [2.45, 2.75) is 116 Å². The van der Waals surface area contributed by atoms with Gasteiger partial charge in [-0.1, -0.05) is 96.8 Å². The Kier molecular flexibility index (Phi) is 17.8. The van der Waals surface area contributed by atoms with Crippen molar-refractivity contribution in [2.75, 3.05) is 34.3 Å². The maximum Gasteiger partial charge on any atom is 0.268 e. The molecule has 0 aromatic heterocycles. The predicted molar refractivity (Wildman–Crippen MR) is 122 cm³/mol. The maximum absolute atomic E-state index is 11.9. The number of phosphoric acid groups is 1. The summed E-state index contributed by atoms with van der Waals surface area (Å²) in [6, 6.07) is 0. The lowest BCUT2D eigenvalue weighted by Crippen LogP contribution is -2.42. The molecule has 0 N–H and O–H groups in total.